The van der Waals surface area contributed by atoms with E-state index in [2.05, 4.69) is 26.1 Å². The Labute approximate surface area is 109 Å². The minimum Gasteiger partial charge on any atom is -0.489 e. The van der Waals surface area contributed by atoms with Crippen molar-refractivity contribution in [1.82, 2.24) is 5.32 Å². The normalized spacial score (nSPS) is 20.1. The molecule has 0 spiro atoms. The van der Waals surface area contributed by atoms with E-state index < -0.39 is 0 Å². The Kier molecular flexibility index (Phi) is 3.91. The van der Waals surface area contributed by atoms with E-state index in [0.717, 1.165) is 18.5 Å². The van der Waals surface area contributed by atoms with Crippen LogP contribution < -0.4 is 10.1 Å². The molecular formula is C15H22FNO. The Hall–Kier alpha value is -1.09. The first-order chi connectivity index (χ1) is 8.47. The van der Waals surface area contributed by atoms with Crippen molar-refractivity contribution in [3.8, 4) is 5.75 Å². The molecule has 1 atom stereocenters. The molecule has 0 saturated carbocycles. The zero-order valence-corrected chi connectivity index (χ0v) is 11.4. The van der Waals surface area contributed by atoms with Crippen molar-refractivity contribution in [1.29, 1.82) is 0 Å². The predicted octanol–water partition coefficient (Wildman–Crippen LogP) is 3.25. The van der Waals surface area contributed by atoms with Crippen LogP contribution in [-0.4, -0.2) is 19.2 Å². The second-order valence-corrected chi connectivity index (χ2v) is 6.00. The lowest BCUT2D eigenvalue weighted by molar-refractivity contribution is 0.264. The standard InChI is InChI=1S/C15H22FNO/c1-15(2,3)11-6-7-13(16)14(9-11)18-10-12-5-4-8-17-12/h6-7,9,12,17H,4-5,8,10H2,1-3H3/t12-/m1/s1. The van der Waals surface area contributed by atoms with Crippen LogP contribution in [0.15, 0.2) is 18.2 Å². The van der Waals surface area contributed by atoms with Gasteiger partial charge in [0.2, 0.25) is 0 Å². The SMILES string of the molecule is CC(C)(C)c1ccc(F)c(OC[C@H]2CCCN2)c1. The summed E-state index contributed by atoms with van der Waals surface area (Å²) in [5, 5.41) is 3.34. The van der Waals surface area contributed by atoms with E-state index in [1.807, 2.05) is 12.1 Å². The summed E-state index contributed by atoms with van der Waals surface area (Å²) >= 11 is 0. The molecule has 18 heavy (non-hydrogen) atoms. The van der Waals surface area contributed by atoms with Gasteiger partial charge in [-0.1, -0.05) is 26.8 Å². The van der Waals surface area contributed by atoms with Crippen LogP contribution in [0.5, 0.6) is 5.75 Å². The highest BCUT2D eigenvalue weighted by molar-refractivity contribution is 5.34. The molecule has 1 fully saturated rings. The first-order valence-electron chi connectivity index (χ1n) is 6.63. The predicted molar refractivity (Wildman–Crippen MR) is 71.6 cm³/mol. The molecular weight excluding hydrogens is 229 g/mol. The van der Waals surface area contributed by atoms with Gasteiger partial charge in [0.1, 0.15) is 6.61 Å². The van der Waals surface area contributed by atoms with Crippen molar-refractivity contribution in [2.45, 2.75) is 45.1 Å². The Morgan fingerprint density at radius 2 is 2.17 bits per heavy atom. The number of benzene rings is 1. The first kappa shape index (κ1) is 13.3. The maximum Gasteiger partial charge on any atom is 0.165 e. The molecule has 1 aromatic rings. The van der Waals surface area contributed by atoms with Gasteiger partial charge in [0.25, 0.3) is 0 Å². The van der Waals surface area contributed by atoms with Gasteiger partial charge in [-0.15, -0.1) is 0 Å². The van der Waals surface area contributed by atoms with Gasteiger partial charge >= 0.3 is 0 Å². The molecule has 1 aliphatic rings. The molecule has 0 amide bonds. The molecule has 1 heterocycles. The lowest BCUT2D eigenvalue weighted by Crippen LogP contribution is -2.28. The van der Waals surface area contributed by atoms with Crippen molar-refractivity contribution >= 4 is 0 Å². The van der Waals surface area contributed by atoms with Gasteiger partial charge in [-0.25, -0.2) is 4.39 Å². The van der Waals surface area contributed by atoms with Crippen LogP contribution in [0.1, 0.15) is 39.2 Å². The van der Waals surface area contributed by atoms with E-state index in [0.29, 0.717) is 18.4 Å². The lowest BCUT2D eigenvalue weighted by Gasteiger charge is -2.20. The number of rotatable bonds is 3. The van der Waals surface area contributed by atoms with E-state index in [-0.39, 0.29) is 11.2 Å². The zero-order chi connectivity index (χ0) is 13.2. The summed E-state index contributed by atoms with van der Waals surface area (Å²) in [6, 6.07) is 5.51. The fraction of sp³-hybridized carbons (Fsp3) is 0.600. The number of hydrogen-bond acceptors (Lipinski definition) is 2. The van der Waals surface area contributed by atoms with Gasteiger partial charge < -0.3 is 10.1 Å². The highest BCUT2D eigenvalue weighted by Crippen LogP contribution is 2.28. The molecule has 0 aliphatic carbocycles. The van der Waals surface area contributed by atoms with Crippen LogP contribution in [0.25, 0.3) is 0 Å². The fourth-order valence-corrected chi connectivity index (χ4v) is 2.17. The average molecular weight is 251 g/mol. The number of ether oxygens (including phenoxy) is 1. The Balaban J connectivity index is 2.06. The van der Waals surface area contributed by atoms with E-state index in [1.165, 1.54) is 12.5 Å². The van der Waals surface area contributed by atoms with Gasteiger partial charge in [-0.2, -0.15) is 0 Å². The zero-order valence-electron chi connectivity index (χ0n) is 11.4. The topological polar surface area (TPSA) is 21.3 Å². The Morgan fingerprint density at radius 1 is 1.39 bits per heavy atom. The van der Waals surface area contributed by atoms with E-state index >= 15 is 0 Å². The van der Waals surface area contributed by atoms with E-state index in [1.54, 1.807) is 0 Å². The van der Waals surface area contributed by atoms with Crippen molar-refractivity contribution in [2.75, 3.05) is 13.2 Å². The highest BCUT2D eigenvalue weighted by atomic mass is 19.1. The molecule has 2 rings (SSSR count). The lowest BCUT2D eigenvalue weighted by atomic mass is 9.87. The fourth-order valence-electron chi connectivity index (χ4n) is 2.17. The molecule has 1 aliphatic heterocycles. The number of nitrogens with one attached hydrogen (secondary N) is 1. The van der Waals surface area contributed by atoms with Gasteiger partial charge in [0.05, 0.1) is 0 Å². The van der Waals surface area contributed by atoms with Crippen molar-refractivity contribution in [2.24, 2.45) is 0 Å². The molecule has 1 aromatic carbocycles. The molecule has 100 valence electrons. The summed E-state index contributed by atoms with van der Waals surface area (Å²) < 4.78 is 19.3. The summed E-state index contributed by atoms with van der Waals surface area (Å²) in [7, 11) is 0. The molecule has 0 unspecified atom stereocenters. The van der Waals surface area contributed by atoms with Crippen LogP contribution in [0.3, 0.4) is 0 Å². The Bertz CT molecular complexity index is 405. The smallest absolute Gasteiger partial charge is 0.165 e. The van der Waals surface area contributed by atoms with Crippen molar-refractivity contribution < 1.29 is 9.13 Å². The summed E-state index contributed by atoms with van der Waals surface area (Å²) in [5.74, 6) is 0.0946. The number of halogens is 1. The average Bonchev–Trinajstić information content (AvgIpc) is 2.79. The highest BCUT2D eigenvalue weighted by Gasteiger charge is 2.18. The first-order valence-corrected chi connectivity index (χ1v) is 6.63. The molecule has 0 aromatic heterocycles. The van der Waals surface area contributed by atoms with Gasteiger partial charge in [0.15, 0.2) is 11.6 Å². The monoisotopic (exact) mass is 251 g/mol. The second kappa shape index (κ2) is 5.27. The summed E-state index contributed by atoms with van der Waals surface area (Å²) in [6.45, 7) is 7.93. The Morgan fingerprint density at radius 3 is 2.78 bits per heavy atom. The van der Waals surface area contributed by atoms with Crippen LogP contribution in [0.2, 0.25) is 0 Å². The van der Waals surface area contributed by atoms with Gasteiger partial charge in [-0.3, -0.25) is 0 Å². The molecule has 0 radical (unpaired) electrons. The molecule has 0 bridgehead atoms. The maximum atomic E-state index is 13.7. The summed E-state index contributed by atoms with van der Waals surface area (Å²) in [5.41, 5.74) is 1.11. The van der Waals surface area contributed by atoms with Gasteiger partial charge in [0, 0.05) is 6.04 Å². The molecule has 1 saturated heterocycles. The third kappa shape index (κ3) is 3.22. The van der Waals surface area contributed by atoms with Gasteiger partial charge in [-0.05, 0) is 42.5 Å². The minimum absolute atomic E-state index is 0.0113. The van der Waals surface area contributed by atoms with Crippen LogP contribution in [0, 0.1) is 5.82 Å². The van der Waals surface area contributed by atoms with Crippen LogP contribution in [0.4, 0.5) is 4.39 Å². The third-order valence-corrected chi connectivity index (χ3v) is 3.40. The molecule has 3 heteroatoms. The molecule has 2 nitrogen and oxygen atoms in total. The van der Waals surface area contributed by atoms with E-state index in [4.69, 9.17) is 4.74 Å². The second-order valence-electron chi connectivity index (χ2n) is 6.00. The van der Waals surface area contributed by atoms with Crippen molar-refractivity contribution in [3.63, 3.8) is 0 Å². The quantitative estimate of drug-likeness (QED) is 0.890. The number of hydrogen-bond donors (Lipinski definition) is 1. The third-order valence-electron chi connectivity index (χ3n) is 3.40. The van der Waals surface area contributed by atoms with E-state index in [9.17, 15) is 4.39 Å². The maximum absolute atomic E-state index is 13.7. The molecule has 1 N–H and O–H groups in total. The summed E-state index contributed by atoms with van der Waals surface area (Å²) in [4.78, 5) is 0. The minimum atomic E-state index is -0.277. The largest absolute Gasteiger partial charge is 0.489 e. The van der Waals surface area contributed by atoms with Crippen LogP contribution >= 0.6 is 0 Å². The van der Waals surface area contributed by atoms with Crippen molar-refractivity contribution in [3.05, 3.63) is 29.6 Å². The summed E-state index contributed by atoms with van der Waals surface area (Å²) in [6.07, 6.45) is 2.29. The van der Waals surface area contributed by atoms with Crippen LogP contribution in [-0.2, 0) is 5.41 Å².